The Bertz CT molecular complexity index is 806. The predicted molar refractivity (Wildman–Crippen MR) is 86.2 cm³/mol. The van der Waals surface area contributed by atoms with Crippen molar-refractivity contribution in [2.75, 3.05) is 19.4 Å². The van der Waals surface area contributed by atoms with Crippen molar-refractivity contribution in [2.45, 2.75) is 6.18 Å². The minimum absolute atomic E-state index is 0.0228. The van der Waals surface area contributed by atoms with Gasteiger partial charge >= 0.3 is 12.1 Å². The van der Waals surface area contributed by atoms with E-state index in [0.717, 1.165) is 6.07 Å². The van der Waals surface area contributed by atoms with Crippen LogP contribution in [-0.4, -0.2) is 41.2 Å². The molecular formula is C15H13F3N2O3S. The number of hydrogen-bond donors (Lipinski definition) is 2. The molecule has 1 N–H and O–H groups in total. The molecule has 0 aliphatic heterocycles. The maximum Gasteiger partial charge on any atom is 0.433 e. The van der Waals surface area contributed by atoms with Crippen LogP contribution in [0.5, 0.6) is 5.75 Å². The highest BCUT2D eigenvalue weighted by Crippen LogP contribution is 2.33. The average molecular weight is 358 g/mol. The van der Waals surface area contributed by atoms with Crippen molar-refractivity contribution in [3.63, 3.8) is 0 Å². The van der Waals surface area contributed by atoms with E-state index in [-0.39, 0.29) is 17.0 Å². The van der Waals surface area contributed by atoms with Gasteiger partial charge in [-0.3, -0.25) is 9.79 Å². The molecule has 0 aliphatic carbocycles. The molecule has 0 unspecified atom stereocenters. The molecule has 1 aromatic heterocycles. The number of thiol groups is 1. The molecule has 1 heterocycles. The normalized spacial score (nSPS) is 12.5. The van der Waals surface area contributed by atoms with Crippen LogP contribution in [0.15, 0.2) is 29.3 Å². The molecule has 0 spiro atoms. The first kappa shape index (κ1) is 18.1. The first-order chi connectivity index (χ1) is 11.3. The van der Waals surface area contributed by atoms with Crippen LogP contribution in [0.1, 0.15) is 11.3 Å². The van der Waals surface area contributed by atoms with E-state index in [9.17, 15) is 18.0 Å². The average Bonchev–Trinajstić information content (AvgIpc) is 2.53. The van der Waals surface area contributed by atoms with Crippen molar-refractivity contribution in [2.24, 2.45) is 4.99 Å². The Morgan fingerprint density at radius 2 is 2.04 bits per heavy atom. The second kappa shape index (κ2) is 7.08. The molecule has 0 saturated heterocycles. The minimum Gasteiger partial charge on any atom is -0.494 e. The number of fused-ring (bicyclic) bond motifs is 1. The van der Waals surface area contributed by atoms with Gasteiger partial charge in [-0.15, -0.1) is 0 Å². The largest absolute Gasteiger partial charge is 0.494 e. The van der Waals surface area contributed by atoms with E-state index in [1.54, 1.807) is 6.07 Å². The smallest absolute Gasteiger partial charge is 0.433 e. The molecule has 0 aliphatic rings. The van der Waals surface area contributed by atoms with Crippen LogP contribution in [0, 0.1) is 0 Å². The van der Waals surface area contributed by atoms with Crippen molar-refractivity contribution in [1.82, 2.24) is 4.98 Å². The number of carboxylic acid groups (broad SMARTS) is 1. The number of rotatable bonds is 5. The molecule has 24 heavy (non-hydrogen) atoms. The number of nitrogens with zero attached hydrogens (tertiary/aromatic N) is 2. The Morgan fingerprint density at radius 3 is 2.58 bits per heavy atom. The van der Waals surface area contributed by atoms with E-state index in [2.05, 4.69) is 22.6 Å². The molecule has 2 rings (SSSR count). The van der Waals surface area contributed by atoms with E-state index < -0.39 is 24.4 Å². The van der Waals surface area contributed by atoms with Crippen molar-refractivity contribution in [3.05, 3.63) is 35.5 Å². The number of alkyl halides is 3. The van der Waals surface area contributed by atoms with Gasteiger partial charge in [-0.2, -0.15) is 25.8 Å². The van der Waals surface area contributed by atoms with E-state index in [1.807, 2.05) is 0 Å². The highest BCUT2D eigenvalue weighted by molar-refractivity contribution is 7.81. The van der Waals surface area contributed by atoms with Gasteiger partial charge in [0, 0.05) is 16.7 Å². The predicted octanol–water partition coefficient (Wildman–Crippen LogP) is 3.07. The number of benzene rings is 1. The molecular weight excluding hydrogens is 345 g/mol. The lowest BCUT2D eigenvalue weighted by atomic mass is 10.0. The lowest BCUT2D eigenvalue weighted by Crippen LogP contribution is -2.11. The Balaban J connectivity index is 2.68. The number of carbonyl (C=O) groups is 1. The number of halogens is 3. The molecule has 0 atom stereocenters. The third kappa shape index (κ3) is 3.78. The monoisotopic (exact) mass is 358 g/mol. The van der Waals surface area contributed by atoms with Crippen LogP contribution in [0.3, 0.4) is 0 Å². The van der Waals surface area contributed by atoms with Gasteiger partial charge in [0.25, 0.3) is 0 Å². The summed E-state index contributed by atoms with van der Waals surface area (Å²) in [6.45, 7) is -0.461. The quantitative estimate of drug-likeness (QED) is 0.637. The first-order valence-corrected chi connectivity index (χ1v) is 7.32. The molecule has 2 aromatic rings. The highest BCUT2D eigenvalue weighted by atomic mass is 32.1. The van der Waals surface area contributed by atoms with Gasteiger partial charge in [-0.05, 0) is 24.3 Å². The van der Waals surface area contributed by atoms with E-state index in [0.29, 0.717) is 16.7 Å². The van der Waals surface area contributed by atoms with Crippen molar-refractivity contribution in [3.8, 4) is 5.75 Å². The SMILES string of the molecule is COc1ccc(/C(CS)=N/CC(=O)O)c2ccc(C(F)(F)F)nc12. The Morgan fingerprint density at radius 1 is 1.33 bits per heavy atom. The molecule has 0 radical (unpaired) electrons. The van der Waals surface area contributed by atoms with Crippen LogP contribution in [0.2, 0.25) is 0 Å². The number of methoxy groups -OCH3 is 1. The maximum absolute atomic E-state index is 12.9. The first-order valence-electron chi connectivity index (χ1n) is 6.69. The molecule has 1 aromatic carbocycles. The summed E-state index contributed by atoms with van der Waals surface area (Å²) in [6, 6.07) is 5.18. The summed E-state index contributed by atoms with van der Waals surface area (Å²) in [5, 5.41) is 9.11. The summed E-state index contributed by atoms with van der Waals surface area (Å²) >= 11 is 4.11. The van der Waals surface area contributed by atoms with Gasteiger partial charge in [-0.25, -0.2) is 4.98 Å². The number of carboxylic acids is 1. The molecule has 0 bridgehead atoms. The Hall–Kier alpha value is -2.29. The topological polar surface area (TPSA) is 71.8 Å². The standard InChI is InChI=1S/C15H13F3N2O3S/c1-23-11-4-2-8(10(7-24)19-6-13(21)22)9-3-5-12(15(16,17)18)20-14(9)11/h2-5,24H,6-7H2,1H3,(H,21,22)/b19-10+. The summed E-state index contributed by atoms with van der Waals surface area (Å²) < 4.78 is 43.7. The third-order valence-electron chi connectivity index (χ3n) is 3.20. The molecule has 9 heteroatoms. The van der Waals surface area contributed by atoms with Gasteiger partial charge in [-0.1, -0.05) is 0 Å². The number of aromatic nitrogens is 1. The van der Waals surface area contributed by atoms with Crippen LogP contribution in [0.25, 0.3) is 10.9 Å². The van der Waals surface area contributed by atoms with Crippen molar-refractivity contribution >= 4 is 35.2 Å². The minimum atomic E-state index is -4.58. The zero-order valence-electron chi connectivity index (χ0n) is 12.5. The molecule has 0 saturated carbocycles. The second-order valence-corrected chi connectivity index (χ2v) is 5.04. The lowest BCUT2D eigenvalue weighted by Gasteiger charge is -2.13. The Kier molecular flexibility index (Phi) is 5.33. The zero-order valence-corrected chi connectivity index (χ0v) is 13.4. The summed E-state index contributed by atoms with van der Waals surface area (Å²) in [6.07, 6.45) is -4.58. The number of hydrogen-bond acceptors (Lipinski definition) is 5. The fourth-order valence-corrected chi connectivity index (χ4v) is 2.42. The zero-order chi connectivity index (χ0) is 17.9. The summed E-state index contributed by atoms with van der Waals surface area (Å²) in [7, 11) is 1.33. The van der Waals surface area contributed by atoms with Crippen LogP contribution in [0.4, 0.5) is 13.2 Å². The van der Waals surface area contributed by atoms with Gasteiger partial charge < -0.3 is 9.84 Å². The van der Waals surface area contributed by atoms with Crippen LogP contribution >= 0.6 is 12.6 Å². The fraction of sp³-hybridized carbons (Fsp3) is 0.267. The van der Waals surface area contributed by atoms with E-state index in [4.69, 9.17) is 9.84 Å². The maximum atomic E-state index is 12.9. The summed E-state index contributed by atoms with van der Waals surface area (Å²) in [4.78, 5) is 18.3. The van der Waals surface area contributed by atoms with Crippen molar-refractivity contribution < 1.29 is 27.8 Å². The van der Waals surface area contributed by atoms with Gasteiger partial charge in [0.15, 0.2) is 0 Å². The van der Waals surface area contributed by atoms with Crippen molar-refractivity contribution in [1.29, 1.82) is 0 Å². The molecule has 128 valence electrons. The molecule has 0 fully saturated rings. The van der Waals surface area contributed by atoms with Gasteiger partial charge in [0.2, 0.25) is 0 Å². The number of aliphatic imine (C=N–C) groups is 1. The van der Waals surface area contributed by atoms with E-state index in [1.165, 1.54) is 19.2 Å². The molecule has 5 nitrogen and oxygen atoms in total. The summed E-state index contributed by atoms with van der Waals surface area (Å²) in [5.41, 5.74) is -0.215. The van der Waals surface area contributed by atoms with Crippen LogP contribution < -0.4 is 4.74 Å². The van der Waals surface area contributed by atoms with Gasteiger partial charge in [0.05, 0.1) is 12.8 Å². The number of pyridine rings is 1. The van der Waals surface area contributed by atoms with Crippen LogP contribution in [-0.2, 0) is 11.0 Å². The highest BCUT2D eigenvalue weighted by Gasteiger charge is 2.33. The Labute approximate surface area is 140 Å². The van der Waals surface area contributed by atoms with E-state index >= 15 is 0 Å². The van der Waals surface area contributed by atoms with Gasteiger partial charge in [0.1, 0.15) is 23.5 Å². The lowest BCUT2D eigenvalue weighted by molar-refractivity contribution is -0.141. The number of ether oxygens (including phenoxy) is 1. The molecule has 0 amide bonds. The number of aliphatic carboxylic acids is 1. The fourth-order valence-electron chi connectivity index (χ4n) is 2.15. The summed E-state index contributed by atoms with van der Waals surface area (Å²) in [5.74, 6) is -0.823. The second-order valence-electron chi connectivity index (χ2n) is 4.72. The third-order valence-corrected chi connectivity index (χ3v) is 3.50.